The van der Waals surface area contributed by atoms with Crippen molar-refractivity contribution in [2.75, 3.05) is 9.80 Å². The van der Waals surface area contributed by atoms with Gasteiger partial charge in [0.2, 0.25) is 0 Å². The van der Waals surface area contributed by atoms with Gasteiger partial charge in [0.05, 0.1) is 0 Å². The minimum absolute atomic E-state index is 0.252. The summed E-state index contributed by atoms with van der Waals surface area (Å²) in [5.41, 5.74) is 17.3. The standard InChI is InChI=1S/C44H44N2/c1-30-8-16-37(17-9-30)45(38-18-10-31(2)11-19-38)41-24-26-43(34(5)28-41)36(7)44-27-25-42(29-35(44)6)46(39-20-12-32(3)13-21-39)40-22-14-33(4)15-23-40/h8-29,36H,1-7H3. The van der Waals surface area contributed by atoms with Crippen LogP contribution in [0.5, 0.6) is 0 Å². The fourth-order valence-corrected chi connectivity index (χ4v) is 6.41. The van der Waals surface area contributed by atoms with Gasteiger partial charge >= 0.3 is 0 Å². The lowest BCUT2D eigenvalue weighted by atomic mass is 9.87. The molecule has 0 atom stereocenters. The molecule has 2 heteroatoms. The van der Waals surface area contributed by atoms with E-state index in [0.717, 1.165) is 22.7 Å². The molecule has 0 aliphatic rings. The van der Waals surface area contributed by atoms with Gasteiger partial charge in [-0.1, -0.05) is 89.8 Å². The molecule has 0 radical (unpaired) electrons. The van der Waals surface area contributed by atoms with Crippen LogP contribution < -0.4 is 9.80 Å². The SMILES string of the molecule is Cc1ccc(N(c2ccc(C)cc2)c2ccc(C(C)c3ccc(N(c4ccc(C)cc4)c4ccc(C)cc4)cc3C)c(C)c2)cc1. The first-order valence-corrected chi connectivity index (χ1v) is 16.3. The van der Waals surface area contributed by atoms with E-state index in [2.05, 4.69) is 192 Å². The minimum Gasteiger partial charge on any atom is -0.310 e. The molecule has 0 spiro atoms. The van der Waals surface area contributed by atoms with Crippen LogP contribution in [0.1, 0.15) is 57.3 Å². The molecule has 0 N–H and O–H groups in total. The fourth-order valence-electron chi connectivity index (χ4n) is 6.41. The van der Waals surface area contributed by atoms with Crippen LogP contribution in [0.2, 0.25) is 0 Å². The van der Waals surface area contributed by atoms with Crippen LogP contribution in [0.25, 0.3) is 0 Å². The Morgan fingerprint density at radius 1 is 0.326 bits per heavy atom. The Balaban J connectivity index is 1.34. The van der Waals surface area contributed by atoms with E-state index in [1.807, 2.05) is 0 Å². The first kappa shape index (κ1) is 30.9. The van der Waals surface area contributed by atoms with Crippen LogP contribution >= 0.6 is 0 Å². The zero-order valence-corrected chi connectivity index (χ0v) is 28.2. The van der Waals surface area contributed by atoms with Gasteiger partial charge in [-0.15, -0.1) is 0 Å². The molecule has 0 fully saturated rings. The van der Waals surface area contributed by atoms with Crippen LogP contribution in [-0.4, -0.2) is 0 Å². The summed E-state index contributed by atoms with van der Waals surface area (Å²) in [7, 11) is 0. The molecule has 0 bridgehead atoms. The molecular weight excluding hydrogens is 556 g/mol. The van der Waals surface area contributed by atoms with E-state index in [9.17, 15) is 0 Å². The number of nitrogens with zero attached hydrogens (tertiary/aromatic N) is 2. The Morgan fingerprint density at radius 2 is 0.565 bits per heavy atom. The van der Waals surface area contributed by atoms with Gasteiger partial charge < -0.3 is 9.80 Å². The van der Waals surface area contributed by atoms with Gasteiger partial charge in [-0.2, -0.15) is 0 Å². The van der Waals surface area contributed by atoms with Gasteiger partial charge in [0.15, 0.2) is 0 Å². The van der Waals surface area contributed by atoms with E-state index in [4.69, 9.17) is 0 Å². The summed E-state index contributed by atoms with van der Waals surface area (Å²) >= 11 is 0. The van der Waals surface area contributed by atoms with Crippen molar-refractivity contribution in [3.63, 3.8) is 0 Å². The van der Waals surface area contributed by atoms with Gasteiger partial charge in [0.1, 0.15) is 0 Å². The third-order valence-corrected chi connectivity index (χ3v) is 9.12. The Bertz CT molecular complexity index is 1700. The zero-order valence-electron chi connectivity index (χ0n) is 28.2. The Morgan fingerprint density at radius 3 is 0.804 bits per heavy atom. The summed E-state index contributed by atoms with van der Waals surface area (Å²) in [5, 5.41) is 0. The Kier molecular flexibility index (Phi) is 8.81. The molecule has 6 aromatic carbocycles. The third kappa shape index (κ3) is 6.48. The first-order valence-electron chi connectivity index (χ1n) is 16.3. The van der Waals surface area contributed by atoms with E-state index in [1.165, 1.54) is 55.9 Å². The summed E-state index contributed by atoms with van der Waals surface area (Å²) in [6, 6.07) is 49.0. The molecule has 2 nitrogen and oxygen atoms in total. The molecule has 0 heterocycles. The second-order valence-electron chi connectivity index (χ2n) is 12.8. The average molecular weight is 601 g/mol. The van der Waals surface area contributed by atoms with E-state index in [1.54, 1.807) is 0 Å². The van der Waals surface area contributed by atoms with Crippen LogP contribution in [0.3, 0.4) is 0 Å². The molecular formula is C44H44N2. The molecule has 0 saturated carbocycles. The third-order valence-electron chi connectivity index (χ3n) is 9.12. The zero-order chi connectivity index (χ0) is 32.4. The first-order chi connectivity index (χ1) is 22.2. The van der Waals surface area contributed by atoms with Crippen molar-refractivity contribution in [2.45, 2.75) is 54.4 Å². The Labute approximate surface area is 275 Å². The van der Waals surface area contributed by atoms with Crippen LogP contribution in [0.15, 0.2) is 133 Å². The highest BCUT2D eigenvalue weighted by atomic mass is 15.1. The number of aryl methyl sites for hydroxylation is 6. The number of anilines is 6. The summed E-state index contributed by atoms with van der Waals surface area (Å²) in [6.07, 6.45) is 0. The van der Waals surface area contributed by atoms with E-state index in [0.29, 0.717) is 0 Å². The van der Waals surface area contributed by atoms with Crippen LogP contribution in [0, 0.1) is 41.5 Å². The predicted octanol–water partition coefficient (Wildman–Crippen LogP) is 12.6. The van der Waals surface area contributed by atoms with Crippen molar-refractivity contribution in [2.24, 2.45) is 0 Å². The molecule has 0 unspecified atom stereocenters. The van der Waals surface area contributed by atoms with Crippen molar-refractivity contribution >= 4 is 34.1 Å². The highest BCUT2D eigenvalue weighted by molar-refractivity contribution is 5.79. The quantitative estimate of drug-likeness (QED) is 0.171. The topological polar surface area (TPSA) is 6.48 Å². The van der Waals surface area contributed by atoms with Gasteiger partial charge in [0, 0.05) is 40.0 Å². The Hall–Kier alpha value is -5.08. The summed E-state index contributed by atoms with van der Waals surface area (Å²) in [6.45, 7) is 15.4. The molecule has 230 valence electrons. The lowest BCUT2D eigenvalue weighted by Crippen LogP contribution is -2.12. The summed E-state index contributed by atoms with van der Waals surface area (Å²) in [4.78, 5) is 4.70. The second-order valence-corrected chi connectivity index (χ2v) is 12.8. The monoisotopic (exact) mass is 600 g/mol. The van der Waals surface area contributed by atoms with Crippen molar-refractivity contribution in [3.05, 3.63) is 178 Å². The van der Waals surface area contributed by atoms with Gasteiger partial charge in [-0.25, -0.2) is 0 Å². The smallest absolute Gasteiger partial charge is 0.0464 e. The molecule has 0 amide bonds. The summed E-state index contributed by atoms with van der Waals surface area (Å²) < 4.78 is 0. The molecule has 0 aliphatic carbocycles. The highest BCUT2D eigenvalue weighted by Crippen LogP contribution is 2.40. The number of hydrogen-bond acceptors (Lipinski definition) is 2. The largest absolute Gasteiger partial charge is 0.310 e. The molecule has 0 saturated heterocycles. The van der Waals surface area contributed by atoms with Crippen molar-refractivity contribution in [3.8, 4) is 0 Å². The normalized spacial score (nSPS) is 11.1. The molecule has 46 heavy (non-hydrogen) atoms. The molecule has 0 aliphatic heterocycles. The highest BCUT2D eigenvalue weighted by Gasteiger charge is 2.19. The lowest BCUT2D eigenvalue weighted by molar-refractivity contribution is 0.898. The predicted molar refractivity (Wildman–Crippen MR) is 198 cm³/mol. The van der Waals surface area contributed by atoms with Crippen molar-refractivity contribution in [1.29, 1.82) is 0 Å². The average Bonchev–Trinajstić information content (AvgIpc) is 3.05. The van der Waals surface area contributed by atoms with Crippen LogP contribution in [-0.2, 0) is 0 Å². The van der Waals surface area contributed by atoms with Crippen molar-refractivity contribution < 1.29 is 0 Å². The molecule has 0 aromatic heterocycles. The van der Waals surface area contributed by atoms with Gasteiger partial charge in [-0.05, 0) is 137 Å². The summed E-state index contributed by atoms with van der Waals surface area (Å²) in [5.74, 6) is 0.252. The van der Waals surface area contributed by atoms with Crippen LogP contribution in [0.4, 0.5) is 34.1 Å². The fraction of sp³-hybridized carbons (Fsp3) is 0.182. The maximum absolute atomic E-state index is 2.35. The van der Waals surface area contributed by atoms with E-state index in [-0.39, 0.29) is 5.92 Å². The number of benzene rings is 6. The lowest BCUT2D eigenvalue weighted by Gasteiger charge is -2.28. The van der Waals surface area contributed by atoms with Crippen molar-refractivity contribution in [1.82, 2.24) is 0 Å². The molecule has 6 rings (SSSR count). The van der Waals surface area contributed by atoms with E-state index >= 15 is 0 Å². The number of rotatable bonds is 8. The number of hydrogen-bond donors (Lipinski definition) is 0. The van der Waals surface area contributed by atoms with Gasteiger partial charge in [-0.3, -0.25) is 0 Å². The maximum atomic E-state index is 2.35. The maximum Gasteiger partial charge on any atom is 0.0464 e. The molecule has 6 aromatic rings. The van der Waals surface area contributed by atoms with Gasteiger partial charge in [0.25, 0.3) is 0 Å². The second kappa shape index (κ2) is 13.1. The minimum atomic E-state index is 0.252. The van der Waals surface area contributed by atoms with E-state index < -0.39 is 0 Å².